The third-order valence-electron chi connectivity index (χ3n) is 2.85. The normalized spacial score (nSPS) is 11.3. The molecule has 0 aliphatic rings. The van der Waals surface area contributed by atoms with Gasteiger partial charge in [0.2, 0.25) is 0 Å². The van der Waals surface area contributed by atoms with E-state index in [0.29, 0.717) is 27.0 Å². The van der Waals surface area contributed by atoms with Crippen LogP contribution in [0.25, 0.3) is 0 Å². The summed E-state index contributed by atoms with van der Waals surface area (Å²) in [7, 11) is 1.51. The Hall–Kier alpha value is -1.76. The number of anilines is 1. The zero-order valence-electron chi connectivity index (χ0n) is 13.2. The fourth-order valence-electron chi connectivity index (χ4n) is 1.77. The van der Waals surface area contributed by atoms with Gasteiger partial charge in [0.25, 0.3) is 5.56 Å². The van der Waals surface area contributed by atoms with Gasteiger partial charge in [0.1, 0.15) is 10.7 Å². The standard InChI is InChI=1S/C15H15Cl3N4O2/c1-8(2)24-14-10(16)4-9(5-11(14)17)6-19-21-12-7-20-22(3)15(23)13(12)18/h4-8,21H,1-3H3/b19-6-. The molecule has 9 heteroatoms. The van der Waals surface area contributed by atoms with Gasteiger partial charge >= 0.3 is 0 Å². The first-order valence-corrected chi connectivity index (χ1v) is 8.09. The highest BCUT2D eigenvalue weighted by Crippen LogP contribution is 2.34. The summed E-state index contributed by atoms with van der Waals surface area (Å²) in [6, 6.07) is 3.33. The first-order valence-electron chi connectivity index (χ1n) is 6.96. The van der Waals surface area contributed by atoms with E-state index in [2.05, 4.69) is 15.6 Å². The molecule has 0 unspecified atom stereocenters. The molecule has 0 radical (unpaired) electrons. The molecular weight excluding hydrogens is 375 g/mol. The average Bonchev–Trinajstić information content (AvgIpc) is 2.51. The lowest BCUT2D eigenvalue weighted by Crippen LogP contribution is -2.20. The molecule has 2 aromatic rings. The monoisotopic (exact) mass is 388 g/mol. The number of aryl methyl sites for hydroxylation is 1. The largest absolute Gasteiger partial charge is 0.488 e. The number of nitrogens with one attached hydrogen (secondary N) is 1. The number of nitrogens with zero attached hydrogens (tertiary/aromatic N) is 3. The van der Waals surface area contributed by atoms with E-state index in [0.717, 1.165) is 4.68 Å². The number of halogens is 3. The molecular formula is C15H15Cl3N4O2. The highest BCUT2D eigenvalue weighted by Gasteiger charge is 2.11. The first kappa shape index (κ1) is 18.6. The van der Waals surface area contributed by atoms with E-state index in [1.807, 2.05) is 13.8 Å². The van der Waals surface area contributed by atoms with Gasteiger partial charge in [-0.15, -0.1) is 0 Å². The van der Waals surface area contributed by atoms with Gasteiger partial charge in [-0.05, 0) is 31.5 Å². The van der Waals surface area contributed by atoms with Crippen LogP contribution in [0.1, 0.15) is 19.4 Å². The van der Waals surface area contributed by atoms with Crippen LogP contribution >= 0.6 is 34.8 Å². The number of hydrogen-bond acceptors (Lipinski definition) is 5. The Bertz CT molecular complexity index is 811. The van der Waals surface area contributed by atoms with Crippen LogP contribution in [0.4, 0.5) is 5.69 Å². The minimum atomic E-state index is -0.418. The molecule has 0 fully saturated rings. The first-order chi connectivity index (χ1) is 11.3. The van der Waals surface area contributed by atoms with E-state index in [9.17, 15) is 4.79 Å². The number of ether oxygens (including phenoxy) is 1. The summed E-state index contributed by atoms with van der Waals surface area (Å²) < 4.78 is 6.69. The van der Waals surface area contributed by atoms with Crippen LogP contribution in [-0.4, -0.2) is 22.1 Å². The maximum atomic E-state index is 11.7. The van der Waals surface area contributed by atoms with Crippen molar-refractivity contribution in [1.29, 1.82) is 0 Å². The van der Waals surface area contributed by atoms with Crippen molar-refractivity contribution in [2.24, 2.45) is 12.1 Å². The molecule has 1 aromatic carbocycles. The number of rotatable bonds is 5. The summed E-state index contributed by atoms with van der Waals surface area (Å²) >= 11 is 18.3. The van der Waals surface area contributed by atoms with Crippen molar-refractivity contribution >= 4 is 46.7 Å². The molecule has 1 N–H and O–H groups in total. The van der Waals surface area contributed by atoms with Crippen LogP contribution in [0.3, 0.4) is 0 Å². The Balaban J connectivity index is 2.18. The topological polar surface area (TPSA) is 68.5 Å². The second-order valence-electron chi connectivity index (χ2n) is 5.15. The fourth-order valence-corrected chi connectivity index (χ4v) is 2.57. The molecule has 0 spiro atoms. The molecule has 0 atom stereocenters. The Morgan fingerprint density at radius 1 is 1.29 bits per heavy atom. The quantitative estimate of drug-likeness (QED) is 0.620. The highest BCUT2D eigenvalue weighted by molar-refractivity contribution is 6.37. The molecule has 0 aliphatic carbocycles. The Morgan fingerprint density at radius 2 is 1.92 bits per heavy atom. The summed E-state index contributed by atoms with van der Waals surface area (Å²) in [6.45, 7) is 3.77. The third-order valence-corrected chi connectivity index (χ3v) is 3.78. The summed E-state index contributed by atoms with van der Waals surface area (Å²) in [5.74, 6) is 0.428. The molecule has 24 heavy (non-hydrogen) atoms. The molecule has 0 saturated carbocycles. The van der Waals surface area contributed by atoms with Gasteiger partial charge in [0, 0.05) is 7.05 Å². The van der Waals surface area contributed by atoms with Crippen molar-refractivity contribution in [1.82, 2.24) is 9.78 Å². The maximum absolute atomic E-state index is 11.7. The lowest BCUT2D eigenvalue weighted by atomic mass is 10.2. The number of benzene rings is 1. The second kappa shape index (κ2) is 7.88. The SMILES string of the molecule is CC(C)Oc1c(Cl)cc(/C=N\Nc2cnn(C)c(=O)c2Cl)cc1Cl. The molecule has 2 rings (SSSR count). The van der Waals surface area contributed by atoms with Crippen LogP contribution in [0.2, 0.25) is 15.1 Å². The smallest absolute Gasteiger partial charge is 0.287 e. The minimum absolute atomic E-state index is 0.00129. The summed E-state index contributed by atoms with van der Waals surface area (Å²) in [5.41, 5.74) is 3.19. The van der Waals surface area contributed by atoms with Gasteiger partial charge in [0.15, 0.2) is 5.75 Å². The Labute approximate surface area is 154 Å². The Morgan fingerprint density at radius 3 is 2.50 bits per heavy atom. The fraction of sp³-hybridized carbons (Fsp3) is 0.267. The van der Waals surface area contributed by atoms with E-state index in [1.54, 1.807) is 12.1 Å². The summed E-state index contributed by atoms with van der Waals surface area (Å²) in [4.78, 5) is 11.7. The lowest BCUT2D eigenvalue weighted by molar-refractivity contribution is 0.243. The second-order valence-corrected chi connectivity index (χ2v) is 6.34. The number of hydrogen-bond donors (Lipinski definition) is 1. The van der Waals surface area contributed by atoms with Crippen molar-refractivity contribution in [2.75, 3.05) is 5.43 Å². The molecule has 1 heterocycles. The van der Waals surface area contributed by atoms with E-state index >= 15 is 0 Å². The van der Waals surface area contributed by atoms with Crippen LogP contribution in [0.15, 0.2) is 28.2 Å². The van der Waals surface area contributed by atoms with Gasteiger partial charge in [-0.25, -0.2) is 4.68 Å². The summed E-state index contributed by atoms with van der Waals surface area (Å²) in [5, 5.41) is 8.63. The molecule has 1 aromatic heterocycles. The molecule has 128 valence electrons. The van der Waals surface area contributed by atoms with Gasteiger partial charge < -0.3 is 4.74 Å². The third kappa shape index (κ3) is 4.41. The van der Waals surface area contributed by atoms with Crippen LogP contribution in [0.5, 0.6) is 5.75 Å². The number of aromatic nitrogens is 2. The summed E-state index contributed by atoms with van der Waals surface area (Å²) in [6.07, 6.45) is 2.85. The van der Waals surface area contributed by atoms with Gasteiger partial charge in [-0.3, -0.25) is 10.2 Å². The van der Waals surface area contributed by atoms with E-state index < -0.39 is 5.56 Å². The average molecular weight is 390 g/mol. The van der Waals surface area contributed by atoms with Crippen LogP contribution in [-0.2, 0) is 7.05 Å². The van der Waals surface area contributed by atoms with E-state index in [1.165, 1.54) is 19.5 Å². The van der Waals surface area contributed by atoms with E-state index in [-0.39, 0.29) is 11.1 Å². The maximum Gasteiger partial charge on any atom is 0.287 e. The van der Waals surface area contributed by atoms with Crippen molar-refractivity contribution in [2.45, 2.75) is 20.0 Å². The van der Waals surface area contributed by atoms with Gasteiger partial charge in [0.05, 0.1) is 28.6 Å². The lowest BCUT2D eigenvalue weighted by Gasteiger charge is -2.13. The van der Waals surface area contributed by atoms with Crippen molar-refractivity contribution < 1.29 is 4.74 Å². The minimum Gasteiger partial charge on any atom is -0.488 e. The predicted molar refractivity (Wildman–Crippen MR) is 97.9 cm³/mol. The van der Waals surface area contributed by atoms with Gasteiger partial charge in [-0.2, -0.15) is 10.2 Å². The molecule has 6 nitrogen and oxygen atoms in total. The Kier molecular flexibility index (Phi) is 6.10. The molecule has 0 saturated heterocycles. The zero-order valence-corrected chi connectivity index (χ0v) is 15.4. The van der Waals surface area contributed by atoms with E-state index in [4.69, 9.17) is 39.5 Å². The molecule has 0 bridgehead atoms. The van der Waals surface area contributed by atoms with Gasteiger partial charge in [-0.1, -0.05) is 34.8 Å². The van der Waals surface area contributed by atoms with Crippen LogP contribution < -0.4 is 15.7 Å². The highest BCUT2D eigenvalue weighted by atomic mass is 35.5. The molecule has 0 amide bonds. The van der Waals surface area contributed by atoms with Crippen molar-refractivity contribution in [3.8, 4) is 5.75 Å². The zero-order chi connectivity index (χ0) is 17.9. The van der Waals surface area contributed by atoms with Crippen molar-refractivity contribution in [3.63, 3.8) is 0 Å². The molecule has 0 aliphatic heterocycles. The predicted octanol–water partition coefficient (Wildman–Crippen LogP) is 3.97. The van der Waals surface area contributed by atoms with Crippen molar-refractivity contribution in [3.05, 3.63) is 49.3 Å². The van der Waals surface area contributed by atoms with Crippen LogP contribution in [0, 0.1) is 0 Å². The number of hydrazone groups is 1.